The lowest BCUT2D eigenvalue weighted by Gasteiger charge is -2.17. The van der Waals surface area contributed by atoms with Crippen LogP contribution in [0, 0.1) is 5.92 Å². The van der Waals surface area contributed by atoms with Gasteiger partial charge in [-0.15, -0.1) is 0 Å². The molecule has 18 heavy (non-hydrogen) atoms. The van der Waals surface area contributed by atoms with Gasteiger partial charge in [-0.2, -0.15) is 0 Å². The van der Waals surface area contributed by atoms with Crippen molar-refractivity contribution in [1.29, 1.82) is 0 Å². The largest absolute Gasteiger partial charge is 0.480 e. The molecule has 0 aromatic heterocycles. The lowest BCUT2D eigenvalue weighted by molar-refractivity contribution is -0.140. The highest BCUT2D eigenvalue weighted by atomic mass is 16.4. The lowest BCUT2D eigenvalue weighted by atomic mass is 10.0. The standard InChI is InChI=1S/C14H19NO3/c1-10(2)13(14(17)18)15-9-8-12(16)11-6-4-3-5-7-11/h3-7,10,13,15H,8-9H2,1-2H3,(H,17,18). The summed E-state index contributed by atoms with van der Waals surface area (Å²) in [5.74, 6) is -0.859. The summed E-state index contributed by atoms with van der Waals surface area (Å²) >= 11 is 0. The molecule has 1 aromatic rings. The van der Waals surface area contributed by atoms with E-state index >= 15 is 0 Å². The van der Waals surface area contributed by atoms with Gasteiger partial charge in [-0.1, -0.05) is 44.2 Å². The molecule has 4 heteroatoms. The molecule has 0 bridgehead atoms. The smallest absolute Gasteiger partial charge is 0.320 e. The van der Waals surface area contributed by atoms with E-state index in [0.717, 1.165) is 0 Å². The average Bonchev–Trinajstić information content (AvgIpc) is 2.34. The molecule has 0 heterocycles. The molecule has 2 N–H and O–H groups in total. The first-order chi connectivity index (χ1) is 8.52. The van der Waals surface area contributed by atoms with E-state index in [1.807, 2.05) is 32.0 Å². The van der Waals surface area contributed by atoms with Gasteiger partial charge in [0.1, 0.15) is 6.04 Å². The number of benzene rings is 1. The summed E-state index contributed by atoms with van der Waals surface area (Å²) < 4.78 is 0. The number of ketones is 1. The van der Waals surface area contributed by atoms with Crippen LogP contribution >= 0.6 is 0 Å². The zero-order chi connectivity index (χ0) is 13.5. The zero-order valence-corrected chi connectivity index (χ0v) is 10.7. The molecule has 0 fully saturated rings. The Kier molecular flexibility index (Phi) is 5.52. The summed E-state index contributed by atoms with van der Waals surface area (Å²) in [5, 5.41) is 11.9. The van der Waals surface area contributed by atoms with Gasteiger partial charge < -0.3 is 10.4 Å². The molecule has 0 saturated heterocycles. The molecule has 0 spiro atoms. The molecule has 1 aromatic carbocycles. The van der Waals surface area contributed by atoms with Crippen LogP contribution in [0.15, 0.2) is 30.3 Å². The molecule has 4 nitrogen and oxygen atoms in total. The van der Waals surface area contributed by atoms with Crippen molar-refractivity contribution in [3.05, 3.63) is 35.9 Å². The summed E-state index contributed by atoms with van der Waals surface area (Å²) in [6.45, 7) is 4.05. The van der Waals surface area contributed by atoms with Crippen molar-refractivity contribution in [1.82, 2.24) is 5.32 Å². The third kappa shape index (κ3) is 4.30. The SMILES string of the molecule is CC(C)C(NCCC(=O)c1ccccc1)C(=O)O. The zero-order valence-electron chi connectivity index (χ0n) is 10.7. The number of carbonyl (C=O) groups is 2. The van der Waals surface area contributed by atoms with Crippen LogP contribution in [0.3, 0.4) is 0 Å². The van der Waals surface area contributed by atoms with Gasteiger partial charge in [0.05, 0.1) is 0 Å². The number of rotatable bonds is 7. The van der Waals surface area contributed by atoms with Crippen LogP contribution in [0.5, 0.6) is 0 Å². The van der Waals surface area contributed by atoms with Crippen molar-refractivity contribution < 1.29 is 14.7 Å². The molecule has 0 aliphatic carbocycles. The van der Waals surface area contributed by atoms with Gasteiger partial charge in [0.2, 0.25) is 0 Å². The summed E-state index contributed by atoms with van der Waals surface area (Å²) in [6.07, 6.45) is 0.306. The predicted molar refractivity (Wildman–Crippen MR) is 69.7 cm³/mol. The monoisotopic (exact) mass is 249 g/mol. The number of carboxylic acid groups (broad SMARTS) is 1. The minimum absolute atomic E-state index is 0.00525. The van der Waals surface area contributed by atoms with Gasteiger partial charge in [0, 0.05) is 18.5 Å². The highest BCUT2D eigenvalue weighted by molar-refractivity contribution is 5.96. The van der Waals surface area contributed by atoms with Crippen LogP contribution < -0.4 is 5.32 Å². The van der Waals surface area contributed by atoms with Crippen molar-refractivity contribution in [2.75, 3.05) is 6.54 Å². The van der Waals surface area contributed by atoms with Gasteiger partial charge in [-0.25, -0.2) is 0 Å². The van der Waals surface area contributed by atoms with E-state index in [9.17, 15) is 9.59 Å². The second-order valence-corrected chi connectivity index (χ2v) is 4.55. The number of Topliss-reactive ketones (excluding diaryl/α,β-unsaturated/α-hetero) is 1. The summed E-state index contributed by atoms with van der Waals surface area (Å²) in [5.41, 5.74) is 0.663. The van der Waals surface area contributed by atoms with Crippen molar-refractivity contribution in [3.63, 3.8) is 0 Å². The van der Waals surface area contributed by atoms with Gasteiger partial charge >= 0.3 is 5.97 Å². The summed E-state index contributed by atoms with van der Waals surface area (Å²) in [6, 6.07) is 8.41. The first-order valence-electron chi connectivity index (χ1n) is 6.07. The minimum Gasteiger partial charge on any atom is -0.480 e. The number of carboxylic acids is 1. The molecule has 0 amide bonds. The van der Waals surface area contributed by atoms with E-state index in [4.69, 9.17) is 5.11 Å². The molecule has 1 atom stereocenters. The molecule has 1 rings (SSSR count). The fourth-order valence-electron chi connectivity index (χ4n) is 1.72. The molecule has 0 aliphatic heterocycles. The van der Waals surface area contributed by atoms with Crippen molar-refractivity contribution in [2.24, 2.45) is 5.92 Å². The van der Waals surface area contributed by atoms with E-state index in [-0.39, 0.29) is 11.7 Å². The maximum absolute atomic E-state index is 11.8. The molecule has 0 aliphatic rings. The topological polar surface area (TPSA) is 66.4 Å². The molecular weight excluding hydrogens is 230 g/mol. The van der Waals surface area contributed by atoms with Crippen LogP contribution in [0.1, 0.15) is 30.6 Å². The molecule has 0 saturated carbocycles. The van der Waals surface area contributed by atoms with Crippen LogP contribution in [-0.2, 0) is 4.79 Å². The lowest BCUT2D eigenvalue weighted by Crippen LogP contribution is -2.41. The Labute approximate surface area is 107 Å². The minimum atomic E-state index is -0.878. The summed E-state index contributed by atoms with van der Waals surface area (Å²) in [4.78, 5) is 22.7. The third-order valence-corrected chi connectivity index (χ3v) is 2.74. The van der Waals surface area contributed by atoms with Crippen molar-refractivity contribution in [3.8, 4) is 0 Å². The fraction of sp³-hybridized carbons (Fsp3) is 0.429. The third-order valence-electron chi connectivity index (χ3n) is 2.74. The Morgan fingerprint density at radius 1 is 1.22 bits per heavy atom. The highest BCUT2D eigenvalue weighted by Gasteiger charge is 2.20. The molecule has 1 unspecified atom stereocenters. The van der Waals surface area contributed by atoms with Crippen molar-refractivity contribution >= 4 is 11.8 Å². The number of nitrogens with one attached hydrogen (secondary N) is 1. The van der Waals surface area contributed by atoms with E-state index in [0.29, 0.717) is 18.5 Å². The van der Waals surface area contributed by atoms with E-state index in [1.165, 1.54) is 0 Å². The van der Waals surface area contributed by atoms with Gasteiger partial charge in [0.25, 0.3) is 0 Å². The second kappa shape index (κ2) is 6.91. The number of aliphatic carboxylic acids is 1. The number of carbonyl (C=O) groups excluding carboxylic acids is 1. The Morgan fingerprint density at radius 3 is 2.33 bits per heavy atom. The Morgan fingerprint density at radius 2 is 1.83 bits per heavy atom. The first kappa shape index (κ1) is 14.4. The van der Waals surface area contributed by atoms with Gasteiger partial charge in [0.15, 0.2) is 5.78 Å². The molecule has 0 radical (unpaired) electrons. The number of hydrogen-bond donors (Lipinski definition) is 2. The van der Waals surface area contributed by atoms with E-state index in [2.05, 4.69) is 5.32 Å². The van der Waals surface area contributed by atoms with Crippen LogP contribution in [0.2, 0.25) is 0 Å². The van der Waals surface area contributed by atoms with Crippen LogP contribution in [-0.4, -0.2) is 29.4 Å². The average molecular weight is 249 g/mol. The molecular formula is C14H19NO3. The maximum atomic E-state index is 11.8. The van der Waals surface area contributed by atoms with Gasteiger partial charge in [-0.3, -0.25) is 9.59 Å². The van der Waals surface area contributed by atoms with E-state index in [1.54, 1.807) is 12.1 Å². The van der Waals surface area contributed by atoms with Crippen LogP contribution in [0.4, 0.5) is 0 Å². The Bertz CT molecular complexity index is 401. The second-order valence-electron chi connectivity index (χ2n) is 4.55. The highest BCUT2D eigenvalue weighted by Crippen LogP contribution is 2.04. The fourth-order valence-corrected chi connectivity index (χ4v) is 1.72. The Hall–Kier alpha value is -1.68. The predicted octanol–water partition coefficient (Wildman–Crippen LogP) is 1.96. The summed E-state index contributed by atoms with van der Waals surface area (Å²) in [7, 11) is 0. The normalized spacial score (nSPS) is 12.4. The van der Waals surface area contributed by atoms with Gasteiger partial charge in [-0.05, 0) is 5.92 Å². The van der Waals surface area contributed by atoms with E-state index < -0.39 is 12.0 Å². The quantitative estimate of drug-likeness (QED) is 0.725. The maximum Gasteiger partial charge on any atom is 0.320 e. The first-order valence-corrected chi connectivity index (χ1v) is 6.07. The van der Waals surface area contributed by atoms with Crippen LogP contribution in [0.25, 0.3) is 0 Å². The molecule has 98 valence electrons. The number of hydrogen-bond acceptors (Lipinski definition) is 3. The van der Waals surface area contributed by atoms with Crippen molar-refractivity contribution in [2.45, 2.75) is 26.3 Å². The Balaban J connectivity index is 2.42.